The summed E-state index contributed by atoms with van der Waals surface area (Å²) < 4.78 is 2.30. The van der Waals surface area contributed by atoms with E-state index in [2.05, 4.69) is 158 Å². The average molecular weight is 718 g/mol. The van der Waals surface area contributed by atoms with Crippen molar-refractivity contribution < 1.29 is 0 Å². The van der Waals surface area contributed by atoms with Gasteiger partial charge in [0.25, 0.3) is 0 Å². The second kappa shape index (κ2) is 15.1. The van der Waals surface area contributed by atoms with E-state index in [1.165, 1.54) is 27.5 Å². The summed E-state index contributed by atoms with van der Waals surface area (Å²) in [6.07, 6.45) is 7.89. The van der Waals surface area contributed by atoms with Crippen LogP contribution in [0.25, 0.3) is 27.5 Å². The van der Waals surface area contributed by atoms with Crippen molar-refractivity contribution in [2.75, 3.05) is 11.9 Å². The molecule has 0 saturated heterocycles. The maximum atomic E-state index is 9.73. The second-order valence-electron chi connectivity index (χ2n) is 17.2. The van der Waals surface area contributed by atoms with Gasteiger partial charge in [-0.1, -0.05) is 124 Å². The summed E-state index contributed by atoms with van der Waals surface area (Å²) in [5.74, 6) is 0.758. The van der Waals surface area contributed by atoms with Crippen LogP contribution in [0, 0.1) is 5.41 Å². The summed E-state index contributed by atoms with van der Waals surface area (Å²) in [5.41, 5.74) is 10.8. The van der Waals surface area contributed by atoms with Crippen molar-refractivity contribution >= 4 is 39.2 Å². The van der Waals surface area contributed by atoms with E-state index in [4.69, 9.17) is 4.99 Å². The first-order valence-electron chi connectivity index (χ1n) is 18.9. The molecular weight excluding hydrogens is 659 g/mol. The summed E-state index contributed by atoms with van der Waals surface area (Å²) in [6, 6.07) is 28.4. The molecule has 280 valence electrons. The topological polar surface area (TPSA) is 56.4 Å². The molecule has 0 unspecified atom stereocenters. The molecule has 5 rings (SSSR count). The molecule has 54 heavy (non-hydrogen) atoms. The number of anilines is 1. The molecule has 1 heterocycles. The van der Waals surface area contributed by atoms with Crippen molar-refractivity contribution in [1.82, 2.24) is 9.88 Å². The highest BCUT2D eigenvalue weighted by Crippen LogP contribution is 2.39. The number of rotatable bonds is 8. The van der Waals surface area contributed by atoms with E-state index in [0.717, 1.165) is 39.4 Å². The van der Waals surface area contributed by atoms with Crippen molar-refractivity contribution in [3.63, 3.8) is 0 Å². The van der Waals surface area contributed by atoms with Crippen LogP contribution in [-0.2, 0) is 16.2 Å². The molecule has 2 N–H and O–H groups in total. The van der Waals surface area contributed by atoms with Gasteiger partial charge in [0.2, 0.25) is 0 Å². The van der Waals surface area contributed by atoms with Crippen molar-refractivity contribution in [2.24, 2.45) is 4.99 Å². The average Bonchev–Trinajstić information content (AvgIpc) is 3.43. The van der Waals surface area contributed by atoms with E-state index in [1.807, 2.05) is 56.2 Å². The third-order valence-electron chi connectivity index (χ3n) is 10.0. The molecule has 0 amide bonds. The first-order valence-corrected chi connectivity index (χ1v) is 18.9. The van der Waals surface area contributed by atoms with Gasteiger partial charge in [-0.25, -0.2) is 4.99 Å². The Balaban J connectivity index is 1.84. The van der Waals surface area contributed by atoms with Crippen LogP contribution in [0.15, 0.2) is 133 Å². The van der Waals surface area contributed by atoms with Crippen LogP contribution in [0.1, 0.15) is 104 Å². The fraction of sp³-hybridized carbons (Fsp3) is 0.306. The smallest absolute Gasteiger partial charge is 0.156 e. The number of fused-ring (bicyclic) bond motifs is 3. The quantitative estimate of drug-likeness (QED) is 0.0954. The molecule has 4 aromatic carbocycles. The largest absolute Gasteiger partial charge is 0.373 e. The normalized spacial score (nSPS) is 13.0. The molecule has 1 aromatic heterocycles. The van der Waals surface area contributed by atoms with E-state index in [0.29, 0.717) is 11.4 Å². The summed E-state index contributed by atoms with van der Waals surface area (Å²) >= 11 is 0. The molecule has 0 aliphatic carbocycles. The fourth-order valence-electron chi connectivity index (χ4n) is 6.88. The monoisotopic (exact) mass is 717 g/mol. The standard InChI is InChI=1S/C49H59N5/c1-15-17-32(3)53(33(4)18-16-2)38-25-28-44(41(31-38)45(50)52-46(51-14)34-19-21-35(22-20-34)47(5,6)7)54-42-26-23-36(48(8,9)10)29-39(42)40-30-37(49(11,12)13)24-27-43(40)54/h15-31H,3-4H2,1-2,5-14H3,(H2,50,51,52)/b17-15-,18-16-. The predicted molar refractivity (Wildman–Crippen MR) is 236 cm³/mol. The molecule has 0 spiro atoms. The minimum Gasteiger partial charge on any atom is -0.373 e. The number of allylic oxidation sites excluding steroid dienone is 4. The number of aliphatic imine (C=N–C) groups is 1. The highest BCUT2D eigenvalue weighted by molar-refractivity contribution is 6.14. The summed E-state index contributed by atoms with van der Waals surface area (Å²) in [7, 11) is 1.86. The molecule has 0 bridgehead atoms. The SMILES string of the molecule is C=C(/C=C\C)N(C(=C)/C=C\C)c1ccc(-n2c3ccc(C(C)(C)C)cc3c3cc(C(C)(C)C)ccc32)c(C(=N)N=C(NC)c2ccc(C(C)(C)C)cc2)c1. The first-order chi connectivity index (χ1) is 25.3. The van der Waals surface area contributed by atoms with Crippen LogP contribution in [0.4, 0.5) is 5.69 Å². The van der Waals surface area contributed by atoms with E-state index in [9.17, 15) is 5.41 Å². The Morgan fingerprint density at radius 2 is 1.13 bits per heavy atom. The molecule has 5 nitrogen and oxygen atoms in total. The minimum atomic E-state index is -0.0172. The highest BCUT2D eigenvalue weighted by atomic mass is 15.1. The molecular formula is C49H59N5. The van der Waals surface area contributed by atoms with Crippen LogP contribution >= 0.6 is 0 Å². The van der Waals surface area contributed by atoms with Gasteiger partial charge in [0.05, 0.1) is 16.7 Å². The number of nitrogens with one attached hydrogen (secondary N) is 2. The van der Waals surface area contributed by atoms with Crippen LogP contribution in [0.2, 0.25) is 0 Å². The van der Waals surface area contributed by atoms with E-state index >= 15 is 0 Å². The molecule has 0 aliphatic rings. The zero-order valence-corrected chi connectivity index (χ0v) is 34.6. The molecule has 0 radical (unpaired) electrons. The second-order valence-corrected chi connectivity index (χ2v) is 17.2. The maximum absolute atomic E-state index is 9.73. The Labute approximate surface area is 324 Å². The maximum Gasteiger partial charge on any atom is 0.156 e. The number of aromatic nitrogens is 1. The summed E-state index contributed by atoms with van der Waals surface area (Å²) in [4.78, 5) is 7.02. The lowest BCUT2D eigenvalue weighted by atomic mass is 9.85. The molecule has 5 aromatic rings. The van der Waals surface area contributed by atoms with Gasteiger partial charge in [0, 0.05) is 46.0 Å². The van der Waals surface area contributed by atoms with Gasteiger partial charge in [-0.2, -0.15) is 0 Å². The van der Waals surface area contributed by atoms with Gasteiger partial charge in [0.1, 0.15) is 5.84 Å². The van der Waals surface area contributed by atoms with E-state index in [1.54, 1.807) is 0 Å². The first kappa shape index (κ1) is 39.8. The Bertz CT molecular complexity index is 2230. The number of nitrogens with zero attached hydrogens (tertiary/aromatic N) is 3. The van der Waals surface area contributed by atoms with Gasteiger partial charge in [0.15, 0.2) is 5.84 Å². The van der Waals surface area contributed by atoms with Crippen molar-refractivity contribution in [3.05, 3.63) is 156 Å². The zero-order chi connectivity index (χ0) is 39.7. The van der Waals surface area contributed by atoms with Crippen LogP contribution in [-0.4, -0.2) is 23.3 Å². The fourth-order valence-corrected chi connectivity index (χ4v) is 6.88. The molecule has 0 saturated carbocycles. The Hall–Kier alpha value is -5.42. The Kier molecular flexibility index (Phi) is 11.2. The zero-order valence-electron chi connectivity index (χ0n) is 34.6. The van der Waals surface area contributed by atoms with Gasteiger partial charge >= 0.3 is 0 Å². The van der Waals surface area contributed by atoms with Crippen molar-refractivity contribution in [2.45, 2.75) is 92.4 Å². The van der Waals surface area contributed by atoms with Gasteiger partial charge in [-0.15, -0.1) is 0 Å². The predicted octanol–water partition coefficient (Wildman–Crippen LogP) is 12.7. The molecule has 5 heteroatoms. The van der Waals surface area contributed by atoms with Gasteiger partial charge in [-0.05, 0) is 101 Å². The van der Waals surface area contributed by atoms with E-state index < -0.39 is 0 Å². The third kappa shape index (κ3) is 8.06. The van der Waals surface area contributed by atoms with Crippen molar-refractivity contribution in [3.8, 4) is 5.69 Å². The van der Waals surface area contributed by atoms with Gasteiger partial charge < -0.3 is 14.8 Å². The minimum absolute atomic E-state index is 0.0172. The lowest BCUT2D eigenvalue weighted by Crippen LogP contribution is -2.23. The van der Waals surface area contributed by atoms with Gasteiger partial charge in [-0.3, -0.25) is 5.41 Å². The lowest BCUT2D eigenvalue weighted by molar-refractivity contribution is 0.590. The number of amidine groups is 2. The van der Waals surface area contributed by atoms with Crippen LogP contribution < -0.4 is 10.2 Å². The Morgan fingerprint density at radius 3 is 1.56 bits per heavy atom. The molecule has 0 aliphatic heterocycles. The number of hydrogen-bond acceptors (Lipinski definition) is 2. The van der Waals surface area contributed by atoms with E-state index in [-0.39, 0.29) is 22.1 Å². The molecule has 0 atom stereocenters. The number of benzene rings is 4. The lowest BCUT2D eigenvalue weighted by Gasteiger charge is -2.27. The van der Waals surface area contributed by atoms with Crippen molar-refractivity contribution in [1.29, 1.82) is 5.41 Å². The van der Waals surface area contributed by atoms with Crippen LogP contribution in [0.3, 0.4) is 0 Å². The Morgan fingerprint density at radius 1 is 0.667 bits per heavy atom. The van der Waals surface area contributed by atoms with Crippen LogP contribution in [0.5, 0.6) is 0 Å². The third-order valence-corrected chi connectivity index (χ3v) is 10.0. The summed E-state index contributed by atoms with van der Waals surface area (Å²) in [6.45, 7) is 32.9. The highest BCUT2D eigenvalue weighted by Gasteiger charge is 2.24. The molecule has 0 fully saturated rings. The number of hydrogen-bond donors (Lipinski definition) is 2. The summed E-state index contributed by atoms with van der Waals surface area (Å²) in [5, 5.41) is 15.4.